The van der Waals surface area contributed by atoms with Crippen LogP contribution in [0.15, 0.2) is 42.5 Å². The number of nitrogens with one attached hydrogen (secondary N) is 1. The van der Waals surface area contributed by atoms with Crippen LogP contribution in [-0.2, 0) is 17.8 Å². The Morgan fingerprint density at radius 3 is 2.56 bits per heavy atom. The minimum absolute atomic E-state index is 0.0162. The van der Waals surface area contributed by atoms with Crippen LogP contribution in [0.3, 0.4) is 0 Å². The number of carbonyl (C=O) groups excluding carboxylic acids is 2. The minimum atomic E-state index is -0.0162. The molecule has 140 valence electrons. The van der Waals surface area contributed by atoms with E-state index in [-0.39, 0.29) is 17.7 Å². The third kappa shape index (κ3) is 3.86. The summed E-state index contributed by atoms with van der Waals surface area (Å²) in [4.78, 5) is 27.0. The molecule has 0 unspecified atom stereocenters. The van der Waals surface area contributed by atoms with Crippen molar-refractivity contribution >= 4 is 29.1 Å². The van der Waals surface area contributed by atoms with Crippen LogP contribution in [-0.4, -0.2) is 18.4 Å². The summed E-state index contributed by atoms with van der Waals surface area (Å²) in [5, 5.41) is 3.68. The Bertz CT molecular complexity index is 857. The molecule has 27 heavy (non-hydrogen) atoms. The molecule has 0 saturated heterocycles. The molecule has 1 heterocycles. The van der Waals surface area contributed by atoms with E-state index >= 15 is 0 Å². The second-order valence-electron chi connectivity index (χ2n) is 7.38. The van der Waals surface area contributed by atoms with Crippen molar-refractivity contribution < 1.29 is 9.59 Å². The van der Waals surface area contributed by atoms with Crippen LogP contribution in [0.5, 0.6) is 0 Å². The zero-order valence-electron chi connectivity index (χ0n) is 15.2. The number of benzene rings is 2. The van der Waals surface area contributed by atoms with Crippen molar-refractivity contribution in [2.75, 3.05) is 11.4 Å². The van der Waals surface area contributed by atoms with Crippen molar-refractivity contribution in [3.63, 3.8) is 0 Å². The van der Waals surface area contributed by atoms with E-state index in [2.05, 4.69) is 11.4 Å². The third-order valence-corrected chi connectivity index (χ3v) is 5.83. The summed E-state index contributed by atoms with van der Waals surface area (Å²) >= 11 is 5.93. The van der Waals surface area contributed by atoms with Crippen LogP contribution in [0.1, 0.15) is 47.2 Å². The average Bonchev–Trinajstić information content (AvgIpc) is 3.36. The second-order valence-corrected chi connectivity index (χ2v) is 7.81. The zero-order valence-corrected chi connectivity index (χ0v) is 16.0. The standard InChI is InChI=1S/C22H23ClN2O2/c23-19-9-7-18(8-10-19)22(27)25-12-11-16-6-5-15(13-20(16)25)14-24-21(26)17-3-1-2-4-17/h5-10,13,17H,1-4,11-12,14H2,(H,24,26). The molecule has 1 fully saturated rings. The van der Waals surface area contributed by atoms with E-state index in [1.807, 2.05) is 17.0 Å². The molecule has 0 aromatic heterocycles. The van der Waals surface area contributed by atoms with Crippen molar-refractivity contribution in [1.82, 2.24) is 5.32 Å². The summed E-state index contributed by atoms with van der Waals surface area (Å²) in [5.41, 5.74) is 3.77. The lowest BCUT2D eigenvalue weighted by Gasteiger charge is -2.18. The second kappa shape index (κ2) is 7.73. The first-order valence-electron chi connectivity index (χ1n) is 9.59. The normalized spacial score (nSPS) is 16.4. The molecule has 2 aromatic rings. The van der Waals surface area contributed by atoms with Crippen LogP contribution < -0.4 is 10.2 Å². The van der Waals surface area contributed by atoms with Crippen LogP contribution in [0.2, 0.25) is 5.02 Å². The SMILES string of the molecule is O=C(NCc1ccc2c(c1)N(C(=O)c1ccc(Cl)cc1)CC2)C1CCCC1. The van der Waals surface area contributed by atoms with Gasteiger partial charge >= 0.3 is 0 Å². The minimum Gasteiger partial charge on any atom is -0.352 e. The Labute approximate surface area is 164 Å². The molecule has 0 bridgehead atoms. The van der Waals surface area contributed by atoms with Crippen LogP contribution in [0.4, 0.5) is 5.69 Å². The summed E-state index contributed by atoms with van der Waals surface area (Å²) in [6, 6.07) is 13.1. The Morgan fingerprint density at radius 2 is 1.81 bits per heavy atom. The van der Waals surface area contributed by atoms with E-state index in [1.54, 1.807) is 24.3 Å². The number of amides is 2. The highest BCUT2D eigenvalue weighted by Crippen LogP contribution is 2.31. The Kier molecular flexibility index (Phi) is 5.17. The molecule has 2 aliphatic rings. The van der Waals surface area contributed by atoms with E-state index in [4.69, 9.17) is 11.6 Å². The summed E-state index contributed by atoms with van der Waals surface area (Å²) < 4.78 is 0. The number of hydrogen-bond acceptors (Lipinski definition) is 2. The van der Waals surface area contributed by atoms with Gasteiger partial charge < -0.3 is 10.2 Å². The molecule has 1 aliphatic heterocycles. The van der Waals surface area contributed by atoms with Gasteiger partial charge in [0.1, 0.15) is 0 Å². The number of hydrogen-bond donors (Lipinski definition) is 1. The molecule has 1 aliphatic carbocycles. The van der Waals surface area contributed by atoms with Crippen molar-refractivity contribution in [3.8, 4) is 0 Å². The number of fused-ring (bicyclic) bond motifs is 1. The van der Waals surface area contributed by atoms with Gasteiger partial charge in [-0.2, -0.15) is 0 Å². The molecule has 4 rings (SSSR count). The fraction of sp³-hybridized carbons (Fsp3) is 0.364. The summed E-state index contributed by atoms with van der Waals surface area (Å²) in [5.74, 6) is 0.307. The lowest BCUT2D eigenvalue weighted by molar-refractivity contribution is -0.124. The van der Waals surface area contributed by atoms with Gasteiger partial charge in [0.15, 0.2) is 0 Å². The monoisotopic (exact) mass is 382 g/mol. The van der Waals surface area contributed by atoms with Crippen molar-refractivity contribution in [2.45, 2.75) is 38.6 Å². The molecule has 1 N–H and O–H groups in total. The first-order chi connectivity index (χ1) is 13.1. The number of rotatable bonds is 4. The van der Waals surface area contributed by atoms with Gasteiger partial charge in [-0.25, -0.2) is 0 Å². The Morgan fingerprint density at radius 1 is 1.07 bits per heavy atom. The number of halogens is 1. The fourth-order valence-corrected chi connectivity index (χ4v) is 4.14. The molecule has 0 atom stereocenters. The van der Waals surface area contributed by atoms with Gasteiger partial charge in [-0.3, -0.25) is 9.59 Å². The first-order valence-corrected chi connectivity index (χ1v) is 9.96. The molecule has 2 aromatic carbocycles. The molecule has 5 heteroatoms. The third-order valence-electron chi connectivity index (χ3n) is 5.57. The van der Waals surface area contributed by atoms with Gasteiger partial charge in [-0.15, -0.1) is 0 Å². The Balaban J connectivity index is 1.47. The van der Waals surface area contributed by atoms with Gasteiger partial charge in [0, 0.05) is 35.3 Å². The van der Waals surface area contributed by atoms with Gasteiger partial charge in [-0.05, 0) is 60.7 Å². The summed E-state index contributed by atoms with van der Waals surface area (Å²) in [6.45, 7) is 1.18. The maximum Gasteiger partial charge on any atom is 0.258 e. The number of nitrogens with zero attached hydrogens (tertiary/aromatic N) is 1. The largest absolute Gasteiger partial charge is 0.352 e. The number of carbonyl (C=O) groups is 2. The highest BCUT2D eigenvalue weighted by atomic mass is 35.5. The summed E-state index contributed by atoms with van der Waals surface area (Å²) in [6.07, 6.45) is 5.15. The van der Waals surface area contributed by atoms with E-state index in [0.717, 1.165) is 43.4 Å². The van der Waals surface area contributed by atoms with Gasteiger partial charge in [-0.1, -0.05) is 36.6 Å². The van der Waals surface area contributed by atoms with Crippen molar-refractivity contribution in [3.05, 3.63) is 64.2 Å². The highest BCUT2D eigenvalue weighted by Gasteiger charge is 2.26. The maximum atomic E-state index is 12.9. The zero-order chi connectivity index (χ0) is 18.8. The van der Waals surface area contributed by atoms with E-state index < -0.39 is 0 Å². The summed E-state index contributed by atoms with van der Waals surface area (Å²) in [7, 11) is 0. The fourth-order valence-electron chi connectivity index (χ4n) is 4.02. The first kappa shape index (κ1) is 18.1. The van der Waals surface area contributed by atoms with Crippen LogP contribution >= 0.6 is 11.6 Å². The topological polar surface area (TPSA) is 49.4 Å². The maximum absolute atomic E-state index is 12.9. The quantitative estimate of drug-likeness (QED) is 0.854. The molecule has 4 nitrogen and oxygen atoms in total. The van der Waals surface area contributed by atoms with Gasteiger partial charge in [0.25, 0.3) is 5.91 Å². The predicted octanol–water partition coefficient (Wildman–Crippen LogP) is 4.35. The molecular weight excluding hydrogens is 360 g/mol. The van der Waals surface area contributed by atoms with Gasteiger partial charge in [0.2, 0.25) is 5.91 Å². The van der Waals surface area contributed by atoms with E-state index in [0.29, 0.717) is 23.7 Å². The molecule has 2 amide bonds. The van der Waals surface area contributed by atoms with E-state index in [1.165, 1.54) is 5.56 Å². The van der Waals surface area contributed by atoms with Crippen LogP contribution in [0, 0.1) is 5.92 Å². The van der Waals surface area contributed by atoms with Crippen LogP contribution in [0.25, 0.3) is 0 Å². The Hall–Kier alpha value is -2.33. The van der Waals surface area contributed by atoms with Crippen molar-refractivity contribution in [2.24, 2.45) is 5.92 Å². The highest BCUT2D eigenvalue weighted by molar-refractivity contribution is 6.30. The molecule has 1 saturated carbocycles. The average molecular weight is 383 g/mol. The van der Waals surface area contributed by atoms with Crippen molar-refractivity contribution in [1.29, 1.82) is 0 Å². The molecule has 0 radical (unpaired) electrons. The predicted molar refractivity (Wildman–Crippen MR) is 107 cm³/mol. The van der Waals surface area contributed by atoms with Gasteiger partial charge in [0.05, 0.1) is 0 Å². The molecule has 0 spiro atoms. The lowest BCUT2D eigenvalue weighted by Crippen LogP contribution is -2.30. The van der Waals surface area contributed by atoms with E-state index in [9.17, 15) is 9.59 Å². The molecular formula is C22H23ClN2O2. The smallest absolute Gasteiger partial charge is 0.258 e. The number of anilines is 1. The lowest BCUT2D eigenvalue weighted by atomic mass is 10.1.